The predicted molar refractivity (Wildman–Crippen MR) is 93.2 cm³/mol. The van der Waals surface area contributed by atoms with Crippen molar-refractivity contribution < 1.29 is 32.2 Å². The molecule has 0 saturated heterocycles. The lowest BCUT2D eigenvalue weighted by molar-refractivity contribution is -0.135. The van der Waals surface area contributed by atoms with Crippen molar-refractivity contribution in [1.82, 2.24) is 0 Å². The second-order valence-corrected chi connectivity index (χ2v) is 7.64. The first-order valence-electron chi connectivity index (χ1n) is 7.62. The van der Waals surface area contributed by atoms with Crippen molar-refractivity contribution in [3.63, 3.8) is 0 Å². The van der Waals surface area contributed by atoms with Crippen LogP contribution in [0.4, 0.5) is 0 Å². The van der Waals surface area contributed by atoms with Gasteiger partial charge >= 0.3 is 11.9 Å². The number of rotatable bonds is 8. The molecule has 1 unspecified atom stereocenters. The lowest BCUT2D eigenvalue weighted by atomic mass is 10.2. The van der Waals surface area contributed by atoms with Crippen LogP contribution in [0, 0.1) is 0 Å². The van der Waals surface area contributed by atoms with Crippen LogP contribution in [0.1, 0.15) is 25.8 Å². The minimum atomic E-state index is -3.56. The lowest BCUT2D eigenvalue weighted by Gasteiger charge is -2.14. The Morgan fingerprint density at radius 2 is 1.88 bits per heavy atom. The smallest absolute Gasteiger partial charge is 0.330 e. The lowest BCUT2D eigenvalue weighted by Crippen LogP contribution is -2.32. The van der Waals surface area contributed by atoms with E-state index >= 15 is 0 Å². The van der Waals surface area contributed by atoms with Crippen LogP contribution in [0.15, 0.2) is 24.3 Å². The third kappa shape index (κ3) is 5.90. The van der Waals surface area contributed by atoms with Crippen LogP contribution < -0.4 is 9.47 Å². The number of carbonyl (C=O) groups excluding carboxylic acids is 2. The molecule has 1 atom stereocenters. The molecule has 0 amide bonds. The van der Waals surface area contributed by atoms with E-state index in [4.69, 9.17) is 9.47 Å². The van der Waals surface area contributed by atoms with Gasteiger partial charge in [0.05, 0.1) is 20.0 Å². The van der Waals surface area contributed by atoms with E-state index in [1.54, 1.807) is 19.1 Å². The summed E-state index contributed by atoms with van der Waals surface area (Å²) in [6.07, 6.45) is 3.17. The van der Waals surface area contributed by atoms with E-state index in [1.165, 1.54) is 39.4 Å². The first-order chi connectivity index (χ1) is 11.7. The van der Waals surface area contributed by atoms with Crippen LogP contribution in [0.5, 0.6) is 11.5 Å². The van der Waals surface area contributed by atoms with E-state index < -0.39 is 27.0 Å². The second-order valence-electron chi connectivity index (χ2n) is 5.20. The van der Waals surface area contributed by atoms with Crippen LogP contribution in [-0.4, -0.2) is 45.6 Å². The molecule has 138 valence electrons. The minimum Gasteiger partial charge on any atom is -0.493 e. The van der Waals surface area contributed by atoms with Crippen molar-refractivity contribution in [2.75, 3.05) is 20.0 Å². The van der Waals surface area contributed by atoms with Gasteiger partial charge in [-0.05, 0) is 37.1 Å². The topological polar surface area (TPSA) is 96.0 Å². The maximum Gasteiger partial charge on any atom is 0.330 e. The molecule has 0 bridgehead atoms. The molecule has 0 aromatic heterocycles. The summed E-state index contributed by atoms with van der Waals surface area (Å²) in [5.41, 5.74) is 0.619. The SMILES string of the molecule is CCCS(=O)(=O)C(C)C(=O)Oc1ccc(/C=C/C(=O)OC)cc1OC. The average Bonchev–Trinajstić information content (AvgIpc) is 2.59. The zero-order valence-electron chi connectivity index (χ0n) is 14.6. The minimum absolute atomic E-state index is 0.0857. The van der Waals surface area contributed by atoms with Gasteiger partial charge in [-0.15, -0.1) is 0 Å². The molecule has 0 fully saturated rings. The van der Waals surface area contributed by atoms with Crippen molar-refractivity contribution in [1.29, 1.82) is 0 Å². The summed E-state index contributed by atoms with van der Waals surface area (Å²) < 4.78 is 38.8. The molecule has 0 spiro atoms. The van der Waals surface area contributed by atoms with E-state index in [0.717, 1.165) is 0 Å². The molecule has 1 aromatic carbocycles. The summed E-state index contributed by atoms with van der Waals surface area (Å²) in [4.78, 5) is 23.2. The fraction of sp³-hybridized carbons (Fsp3) is 0.412. The van der Waals surface area contributed by atoms with Crippen LogP contribution in [0.3, 0.4) is 0 Å². The Balaban J connectivity index is 2.97. The molecule has 1 aromatic rings. The Bertz CT molecular complexity index is 750. The molecule has 0 saturated carbocycles. The summed E-state index contributed by atoms with van der Waals surface area (Å²) in [7, 11) is -0.902. The highest BCUT2D eigenvalue weighted by atomic mass is 32.2. The van der Waals surface area contributed by atoms with E-state index in [-0.39, 0.29) is 17.3 Å². The monoisotopic (exact) mass is 370 g/mol. The van der Waals surface area contributed by atoms with Gasteiger partial charge in [-0.25, -0.2) is 13.2 Å². The maximum absolute atomic E-state index is 12.1. The van der Waals surface area contributed by atoms with Crippen molar-refractivity contribution >= 4 is 27.9 Å². The molecule has 8 heteroatoms. The Morgan fingerprint density at radius 1 is 1.20 bits per heavy atom. The predicted octanol–water partition coefficient (Wildman–Crippen LogP) is 2.00. The number of hydrogen-bond donors (Lipinski definition) is 0. The molecule has 0 N–H and O–H groups in total. The first-order valence-corrected chi connectivity index (χ1v) is 9.34. The molecule has 1 rings (SSSR count). The zero-order chi connectivity index (χ0) is 19.0. The van der Waals surface area contributed by atoms with Crippen molar-refractivity contribution in [3.8, 4) is 11.5 Å². The number of methoxy groups -OCH3 is 2. The largest absolute Gasteiger partial charge is 0.493 e. The van der Waals surface area contributed by atoms with Crippen LogP contribution >= 0.6 is 0 Å². The van der Waals surface area contributed by atoms with Crippen molar-refractivity contribution in [2.24, 2.45) is 0 Å². The highest BCUT2D eigenvalue weighted by Gasteiger charge is 2.29. The van der Waals surface area contributed by atoms with E-state index in [9.17, 15) is 18.0 Å². The third-order valence-electron chi connectivity index (χ3n) is 3.37. The van der Waals surface area contributed by atoms with E-state index in [0.29, 0.717) is 12.0 Å². The van der Waals surface area contributed by atoms with Gasteiger partial charge in [-0.2, -0.15) is 0 Å². The average molecular weight is 370 g/mol. The molecule has 0 aliphatic carbocycles. The quantitative estimate of drug-likeness (QED) is 0.392. The number of carbonyl (C=O) groups is 2. The summed E-state index contributed by atoms with van der Waals surface area (Å²) in [5.74, 6) is -1.13. The molecule has 7 nitrogen and oxygen atoms in total. The van der Waals surface area contributed by atoms with Gasteiger partial charge in [0.25, 0.3) is 0 Å². The van der Waals surface area contributed by atoms with Gasteiger partial charge in [-0.1, -0.05) is 13.0 Å². The fourth-order valence-electron chi connectivity index (χ4n) is 1.90. The van der Waals surface area contributed by atoms with Crippen LogP contribution in [0.2, 0.25) is 0 Å². The summed E-state index contributed by atoms with van der Waals surface area (Å²) >= 11 is 0. The number of esters is 2. The van der Waals surface area contributed by atoms with E-state index in [1.807, 2.05) is 0 Å². The van der Waals surface area contributed by atoms with Gasteiger partial charge in [0, 0.05) is 6.08 Å². The highest BCUT2D eigenvalue weighted by molar-refractivity contribution is 7.92. The summed E-state index contributed by atoms with van der Waals surface area (Å²) in [6.45, 7) is 3.02. The van der Waals surface area contributed by atoms with Crippen LogP contribution in [-0.2, 0) is 24.2 Å². The standard InChI is InChI=1S/C17H22O7S/c1-5-10-25(20,21)12(2)17(19)24-14-8-6-13(11-15(14)22-3)7-9-16(18)23-4/h6-9,11-12H,5,10H2,1-4H3/b9-7+. The van der Waals surface area contributed by atoms with Crippen molar-refractivity contribution in [2.45, 2.75) is 25.5 Å². The van der Waals surface area contributed by atoms with Crippen molar-refractivity contribution in [3.05, 3.63) is 29.8 Å². The fourth-order valence-corrected chi connectivity index (χ4v) is 3.17. The first kappa shape index (κ1) is 20.7. The molecular formula is C17H22O7S. The van der Waals surface area contributed by atoms with Gasteiger partial charge < -0.3 is 14.2 Å². The normalized spacial score (nSPS) is 12.6. The van der Waals surface area contributed by atoms with Gasteiger partial charge in [-0.3, -0.25) is 4.79 Å². The number of sulfone groups is 1. The van der Waals surface area contributed by atoms with Gasteiger partial charge in [0.2, 0.25) is 0 Å². The highest BCUT2D eigenvalue weighted by Crippen LogP contribution is 2.29. The Morgan fingerprint density at radius 3 is 2.44 bits per heavy atom. The summed E-state index contributed by atoms with van der Waals surface area (Å²) in [6, 6.07) is 4.61. The Hall–Kier alpha value is -2.35. The Kier molecular flexibility index (Phi) is 7.63. The maximum atomic E-state index is 12.1. The number of ether oxygens (including phenoxy) is 3. The van der Waals surface area contributed by atoms with Gasteiger partial charge in [0.15, 0.2) is 26.6 Å². The zero-order valence-corrected chi connectivity index (χ0v) is 15.5. The van der Waals surface area contributed by atoms with E-state index in [2.05, 4.69) is 4.74 Å². The van der Waals surface area contributed by atoms with Crippen LogP contribution in [0.25, 0.3) is 6.08 Å². The Labute approximate surface area is 147 Å². The molecule has 0 aliphatic heterocycles. The molecule has 0 radical (unpaired) electrons. The molecule has 0 heterocycles. The summed E-state index contributed by atoms with van der Waals surface area (Å²) in [5, 5.41) is -1.27. The number of hydrogen-bond acceptors (Lipinski definition) is 7. The molecule has 0 aliphatic rings. The third-order valence-corrected chi connectivity index (χ3v) is 5.62. The molecule has 25 heavy (non-hydrogen) atoms. The molecular weight excluding hydrogens is 348 g/mol. The number of benzene rings is 1. The van der Waals surface area contributed by atoms with Gasteiger partial charge in [0.1, 0.15) is 0 Å². The second kappa shape index (κ2) is 9.22.